The summed E-state index contributed by atoms with van der Waals surface area (Å²) in [5.41, 5.74) is 3.98. The van der Waals surface area contributed by atoms with E-state index in [9.17, 15) is 0 Å². The van der Waals surface area contributed by atoms with Crippen LogP contribution in [0.15, 0.2) is 65.8 Å². The summed E-state index contributed by atoms with van der Waals surface area (Å²) in [6.45, 7) is 5.58. The average Bonchev–Trinajstić information content (AvgIpc) is 2.79. The lowest BCUT2D eigenvalue weighted by Gasteiger charge is -2.38. The molecular weight excluding hydrogens is 362 g/mol. The average molecular weight is 394 g/mol. The van der Waals surface area contributed by atoms with Gasteiger partial charge in [0.15, 0.2) is 0 Å². The van der Waals surface area contributed by atoms with Gasteiger partial charge >= 0.3 is 0 Å². The first kappa shape index (κ1) is 20.9. The summed E-state index contributed by atoms with van der Waals surface area (Å²) in [5, 5.41) is 8.39. The summed E-state index contributed by atoms with van der Waals surface area (Å²) in [5.74, 6) is 0.586. The van der Waals surface area contributed by atoms with Crippen LogP contribution in [-0.4, -0.2) is 36.4 Å². The highest BCUT2D eigenvalue weighted by molar-refractivity contribution is 6.27. The molecule has 0 bridgehead atoms. The van der Waals surface area contributed by atoms with Crippen molar-refractivity contribution < 1.29 is 9.57 Å². The van der Waals surface area contributed by atoms with Crippen molar-refractivity contribution in [2.24, 2.45) is 5.10 Å². The molecule has 0 amide bonds. The second kappa shape index (κ2) is 10.7. The SMILES string of the molecule is CCCCCCON1C(c2ccccc2)=C(c2ccccc2)C(OC)=NN1CC. The van der Waals surface area contributed by atoms with Gasteiger partial charge in [-0.3, -0.25) is 4.84 Å². The molecule has 0 aromatic heterocycles. The molecule has 154 valence electrons. The third-order valence-electron chi connectivity index (χ3n) is 4.86. The molecule has 2 aromatic rings. The molecule has 1 aliphatic heterocycles. The minimum Gasteiger partial charge on any atom is -0.479 e. The number of nitrogens with zero attached hydrogens (tertiary/aromatic N) is 3. The van der Waals surface area contributed by atoms with Crippen molar-refractivity contribution in [3.8, 4) is 0 Å². The van der Waals surface area contributed by atoms with E-state index in [1.54, 1.807) is 7.11 Å². The van der Waals surface area contributed by atoms with Crippen LogP contribution in [0.1, 0.15) is 50.7 Å². The fraction of sp³-hybridized carbons (Fsp3) is 0.375. The van der Waals surface area contributed by atoms with Crippen molar-refractivity contribution >= 4 is 17.2 Å². The first-order valence-electron chi connectivity index (χ1n) is 10.5. The Morgan fingerprint density at radius 3 is 2.07 bits per heavy atom. The largest absolute Gasteiger partial charge is 0.479 e. The van der Waals surface area contributed by atoms with E-state index in [0.717, 1.165) is 28.8 Å². The number of hydrogen-bond acceptors (Lipinski definition) is 5. The number of methoxy groups -OCH3 is 1. The van der Waals surface area contributed by atoms with Gasteiger partial charge in [0.2, 0.25) is 5.90 Å². The van der Waals surface area contributed by atoms with Gasteiger partial charge in [-0.15, -0.1) is 10.3 Å². The van der Waals surface area contributed by atoms with Gasteiger partial charge in [0, 0.05) is 5.56 Å². The van der Waals surface area contributed by atoms with E-state index in [1.807, 2.05) is 46.7 Å². The molecule has 0 fully saturated rings. The van der Waals surface area contributed by atoms with E-state index in [2.05, 4.69) is 38.1 Å². The molecule has 2 aromatic carbocycles. The maximum Gasteiger partial charge on any atom is 0.242 e. The van der Waals surface area contributed by atoms with Crippen LogP contribution in [0.5, 0.6) is 0 Å². The fourth-order valence-corrected chi connectivity index (χ4v) is 3.38. The van der Waals surface area contributed by atoms with Gasteiger partial charge in [-0.05, 0) is 18.9 Å². The summed E-state index contributed by atoms with van der Waals surface area (Å²) < 4.78 is 5.72. The van der Waals surface area contributed by atoms with Crippen molar-refractivity contribution in [2.45, 2.75) is 39.5 Å². The van der Waals surface area contributed by atoms with Crippen molar-refractivity contribution in [3.05, 3.63) is 71.8 Å². The van der Waals surface area contributed by atoms with E-state index in [-0.39, 0.29) is 0 Å². The van der Waals surface area contributed by atoms with Gasteiger partial charge in [-0.1, -0.05) is 86.8 Å². The van der Waals surface area contributed by atoms with Gasteiger partial charge in [-0.25, -0.2) is 0 Å². The number of hydroxylamine groups is 1. The molecule has 0 atom stereocenters. The van der Waals surface area contributed by atoms with Gasteiger partial charge in [-0.2, -0.15) is 5.12 Å². The Hall–Kier alpha value is -2.79. The number of hydrazine groups is 1. The quantitative estimate of drug-likeness (QED) is 0.521. The van der Waals surface area contributed by atoms with Crippen LogP contribution in [0, 0.1) is 0 Å². The molecule has 0 radical (unpaired) electrons. The summed E-state index contributed by atoms with van der Waals surface area (Å²) in [4.78, 5) is 6.28. The van der Waals surface area contributed by atoms with Crippen molar-refractivity contribution in [1.82, 2.24) is 10.3 Å². The first-order chi connectivity index (χ1) is 14.3. The molecule has 0 unspecified atom stereocenters. The van der Waals surface area contributed by atoms with Crippen LogP contribution in [-0.2, 0) is 9.57 Å². The van der Waals surface area contributed by atoms with Crippen LogP contribution in [0.3, 0.4) is 0 Å². The molecule has 3 rings (SSSR count). The zero-order chi connectivity index (χ0) is 20.5. The molecule has 5 heteroatoms. The topological polar surface area (TPSA) is 37.3 Å². The third kappa shape index (κ3) is 4.98. The fourth-order valence-electron chi connectivity index (χ4n) is 3.38. The predicted molar refractivity (Wildman–Crippen MR) is 118 cm³/mol. The molecule has 29 heavy (non-hydrogen) atoms. The van der Waals surface area contributed by atoms with E-state index < -0.39 is 0 Å². The number of ether oxygens (including phenoxy) is 1. The minimum atomic E-state index is 0.586. The van der Waals surface area contributed by atoms with E-state index >= 15 is 0 Å². The zero-order valence-corrected chi connectivity index (χ0v) is 17.7. The van der Waals surface area contributed by atoms with Crippen LogP contribution < -0.4 is 0 Å². The minimum absolute atomic E-state index is 0.586. The van der Waals surface area contributed by atoms with Gasteiger partial charge in [0.05, 0.1) is 25.8 Å². The highest BCUT2D eigenvalue weighted by atomic mass is 16.7. The second-order valence-electron chi connectivity index (χ2n) is 6.92. The molecule has 0 aliphatic carbocycles. The number of rotatable bonds is 9. The molecule has 0 saturated carbocycles. The Morgan fingerprint density at radius 1 is 0.828 bits per heavy atom. The standard InChI is InChI=1S/C24H31N3O2/c1-4-6-7-14-19-29-27-23(21-17-12-9-13-18-21)22(20-15-10-8-11-16-20)24(28-3)25-26(27)5-2/h8-13,15-18H,4-7,14,19H2,1-3H3. The van der Waals surface area contributed by atoms with Crippen LogP contribution in [0.2, 0.25) is 0 Å². The zero-order valence-electron chi connectivity index (χ0n) is 17.7. The molecule has 0 saturated heterocycles. The number of unbranched alkanes of at least 4 members (excludes halogenated alkanes) is 3. The number of benzene rings is 2. The number of hydrazone groups is 1. The Kier molecular flexibility index (Phi) is 7.70. The molecule has 1 aliphatic rings. The maximum absolute atomic E-state index is 6.28. The normalized spacial score (nSPS) is 14.2. The van der Waals surface area contributed by atoms with Crippen LogP contribution in [0.25, 0.3) is 11.3 Å². The van der Waals surface area contributed by atoms with E-state index in [0.29, 0.717) is 19.0 Å². The molecule has 0 spiro atoms. The summed E-state index contributed by atoms with van der Waals surface area (Å²) in [6, 6.07) is 20.5. The highest BCUT2D eigenvalue weighted by Crippen LogP contribution is 2.35. The maximum atomic E-state index is 6.28. The van der Waals surface area contributed by atoms with E-state index in [1.165, 1.54) is 19.3 Å². The van der Waals surface area contributed by atoms with Crippen molar-refractivity contribution in [3.63, 3.8) is 0 Å². The van der Waals surface area contributed by atoms with Gasteiger partial charge in [0.1, 0.15) is 5.70 Å². The van der Waals surface area contributed by atoms with Crippen molar-refractivity contribution in [2.75, 3.05) is 20.3 Å². The Morgan fingerprint density at radius 2 is 1.48 bits per heavy atom. The monoisotopic (exact) mass is 393 g/mol. The predicted octanol–water partition coefficient (Wildman–Crippen LogP) is 5.58. The van der Waals surface area contributed by atoms with Crippen molar-refractivity contribution in [1.29, 1.82) is 0 Å². The first-order valence-corrected chi connectivity index (χ1v) is 10.5. The lowest BCUT2D eigenvalue weighted by molar-refractivity contribution is -0.240. The molecule has 0 N–H and O–H groups in total. The Labute approximate surface area is 174 Å². The lowest BCUT2D eigenvalue weighted by atomic mass is 9.99. The molecule has 1 heterocycles. The smallest absolute Gasteiger partial charge is 0.242 e. The Balaban J connectivity index is 2.06. The lowest BCUT2D eigenvalue weighted by Crippen LogP contribution is -2.42. The Bertz CT molecular complexity index is 819. The highest BCUT2D eigenvalue weighted by Gasteiger charge is 2.32. The molecule has 5 nitrogen and oxygen atoms in total. The van der Waals surface area contributed by atoms with Crippen LogP contribution in [0.4, 0.5) is 0 Å². The number of hydrogen-bond donors (Lipinski definition) is 0. The third-order valence-corrected chi connectivity index (χ3v) is 4.86. The molecular formula is C24H31N3O2. The van der Waals surface area contributed by atoms with Gasteiger partial charge < -0.3 is 4.74 Å². The van der Waals surface area contributed by atoms with Crippen LogP contribution >= 0.6 is 0 Å². The summed E-state index contributed by atoms with van der Waals surface area (Å²) in [6.07, 6.45) is 4.62. The second-order valence-corrected chi connectivity index (χ2v) is 6.92. The van der Waals surface area contributed by atoms with E-state index in [4.69, 9.17) is 14.7 Å². The summed E-state index contributed by atoms with van der Waals surface area (Å²) >= 11 is 0. The summed E-state index contributed by atoms with van der Waals surface area (Å²) in [7, 11) is 1.67. The van der Waals surface area contributed by atoms with Gasteiger partial charge in [0.25, 0.3) is 0 Å².